The monoisotopic (exact) mass is 225 g/mol. The lowest BCUT2D eigenvalue weighted by Gasteiger charge is -2.24. The third kappa shape index (κ3) is 4.04. The summed E-state index contributed by atoms with van der Waals surface area (Å²) >= 11 is 0. The predicted molar refractivity (Wildman–Crippen MR) is 68.7 cm³/mol. The summed E-state index contributed by atoms with van der Waals surface area (Å²) in [5.74, 6) is 0.995. The number of rotatable bonds is 5. The Bertz CT molecular complexity index is 201. The molecule has 0 aromatic carbocycles. The molecule has 16 heavy (non-hydrogen) atoms. The first-order valence-electron chi connectivity index (χ1n) is 6.86. The topological polar surface area (TPSA) is 18.5 Å². The van der Waals surface area contributed by atoms with Crippen LogP contribution in [-0.4, -0.2) is 62.7 Å². The molecule has 0 amide bonds. The Hall–Kier alpha value is -0.120. The molecule has 1 N–H and O–H groups in total. The zero-order valence-electron chi connectivity index (χ0n) is 10.9. The summed E-state index contributed by atoms with van der Waals surface area (Å²) in [6, 6.07) is 0.793. The molecule has 3 heteroatoms. The fourth-order valence-corrected chi connectivity index (χ4v) is 2.65. The second kappa shape index (κ2) is 5.99. The average Bonchev–Trinajstić information content (AvgIpc) is 3.03. The van der Waals surface area contributed by atoms with E-state index >= 15 is 0 Å². The van der Waals surface area contributed by atoms with Crippen LogP contribution in [0.3, 0.4) is 0 Å². The molecular weight excluding hydrogens is 198 g/mol. The number of nitrogens with one attached hydrogen (secondary N) is 1. The third-order valence-electron chi connectivity index (χ3n) is 3.78. The molecule has 0 aromatic rings. The van der Waals surface area contributed by atoms with Crippen LogP contribution in [-0.2, 0) is 0 Å². The lowest BCUT2D eigenvalue weighted by Crippen LogP contribution is -2.39. The highest BCUT2D eigenvalue weighted by molar-refractivity contribution is 4.89. The minimum Gasteiger partial charge on any atom is -0.312 e. The molecule has 0 aromatic heterocycles. The molecule has 1 unspecified atom stereocenters. The summed E-state index contributed by atoms with van der Waals surface area (Å²) in [6.07, 6.45) is 5.56. The van der Waals surface area contributed by atoms with Gasteiger partial charge in [-0.3, -0.25) is 0 Å². The molecule has 0 spiro atoms. The van der Waals surface area contributed by atoms with Gasteiger partial charge in [0.15, 0.2) is 0 Å². The standard InChI is InChI=1S/C13H27N3/c1-15(2)8-4-10-16-9-3-7-14-13(11-16)12-5-6-12/h12-14H,3-11H2,1-2H3. The third-order valence-corrected chi connectivity index (χ3v) is 3.78. The van der Waals surface area contributed by atoms with E-state index in [4.69, 9.17) is 0 Å². The van der Waals surface area contributed by atoms with Gasteiger partial charge in [0.05, 0.1) is 0 Å². The Morgan fingerprint density at radius 2 is 2.12 bits per heavy atom. The van der Waals surface area contributed by atoms with Crippen molar-refractivity contribution in [2.45, 2.75) is 31.7 Å². The minimum absolute atomic E-state index is 0.793. The van der Waals surface area contributed by atoms with Crippen LogP contribution in [0.15, 0.2) is 0 Å². The van der Waals surface area contributed by atoms with Crippen molar-refractivity contribution in [3.63, 3.8) is 0 Å². The number of hydrogen-bond donors (Lipinski definition) is 1. The van der Waals surface area contributed by atoms with Gasteiger partial charge in [-0.2, -0.15) is 0 Å². The van der Waals surface area contributed by atoms with Crippen molar-refractivity contribution in [1.82, 2.24) is 15.1 Å². The van der Waals surface area contributed by atoms with Crippen LogP contribution in [0, 0.1) is 5.92 Å². The summed E-state index contributed by atoms with van der Waals surface area (Å²) in [5, 5.41) is 3.72. The van der Waals surface area contributed by atoms with Gasteiger partial charge in [0.2, 0.25) is 0 Å². The van der Waals surface area contributed by atoms with Gasteiger partial charge in [-0.1, -0.05) is 0 Å². The Balaban J connectivity index is 1.70. The Morgan fingerprint density at radius 3 is 2.81 bits per heavy atom. The molecule has 3 nitrogen and oxygen atoms in total. The smallest absolute Gasteiger partial charge is 0.0223 e. The lowest BCUT2D eigenvalue weighted by atomic mass is 10.2. The number of hydrogen-bond acceptors (Lipinski definition) is 3. The van der Waals surface area contributed by atoms with Crippen molar-refractivity contribution >= 4 is 0 Å². The first-order chi connectivity index (χ1) is 7.75. The highest BCUT2D eigenvalue weighted by Crippen LogP contribution is 2.33. The van der Waals surface area contributed by atoms with E-state index in [1.165, 1.54) is 58.4 Å². The molecule has 0 bridgehead atoms. The zero-order valence-corrected chi connectivity index (χ0v) is 10.9. The molecule has 2 fully saturated rings. The van der Waals surface area contributed by atoms with Crippen molar-refractivity contribution in [3.05, 3.63) is 0 Å². The van der Waals surface area contributed by atoms with E-state index in [0.717, 1.165) is 12.0 Å². The van der Waals surface area contributed by atoms with E-state index in [1.807, 2.05) is 0 Å². The summed E-state index contributed by atoms with van der Waals surface area (Å²) < 4.78 is 0. The van der Waals surface area contributed by atoms with Gasteiger partial charge in [-0.15, -0.1) is 0 Å². The molecule has 0 radical (unpaired) electrons. The van der Waals surface area contributed by atoms with Gasteiger partial charge < -0.3 is 15.1 Å². The Kier molecular flexibility index (Phi) is 4.62. The Labute approximate surface area is 100 Å². The van der Waals surface area contributed by atoms with Crippen LogP contribution in [0.4, 0.5) is 0 Å². The molecule has 1 aliphatic carbocycles. The lowest BCUT2D eigenvalue weighted by molar-refractivity contribution is 0.243. The zero-order chi connectivity index (χ0) is 11.4. The van der Waals surface area contributed by atoms with Gasteiger partial charge in [-0.05, 0) is 71.9 Å². The van der Waals surface area contributed by atoms with Gasteiger partial charge in [0.25, 0.3) is 0 Å². The molecular formula is C13H27N3. The SMILES string of the molecule is CN(C)CCCN1CCCNC(C2CC2)C1. The predicted octanol–water partition coefficient (Wildman–Crippen LogP) is 1.01. The molecule has 1 saturated carbocycles. The normalized spacial score (nSPS) is 28.3. The van der Waals surface area contributed by atoms with Crippen molar-refractivity contribution in [2.75, 3.05) is 46.8 Å². The van der Waals surface area contributed by atoms with Gasteiger partial charge in [-0.25, -0.2) is 0 Å². The van der Waals surface area contributed by atoms with E-state index in [0.29, 0.717) is 0 Å². The van der Waals surface area contributed by atoms with Crippen LogP contribution >= 0.6 is 0 Å². The van der Waals surface area contributed by atoms with Crippen LogP contribution in [0.1, 0.15) is 25.7 Å². The minimum atomic E-state index is 0.793. The van der Waals surface area contributed by atoms with Crippen molar-refractivity contribution in [1.29, 1.82) is 0 Å². The van der Waals surface area contributed by atoms with Crippen LogP contribution in [0.2, 0.25) is 0 Å². The van der Waals surface area contributed by atoms with E-state index in [9.17, 15) is 0 Å². The van der Waals surface area contributed by atoms with E-state index in [1.54, 1.807) is 0 Å². The Morgan fingerprint density at radius 1 is 1.31 bits per heavy atom. The van der Waals surface area contributed by atoms with Gasteiger partial charge in [0, 0.05) is 12.6 Å². The molecule has 2 aliphatic rings. The number of nitrogens with zero attached hydrogens (tertiary/aromatic N) is 2. The second-order valence-corrected chi connectivity index (χ2v) is 5.71. The van der Waals surface area contributed by atoms with Crippen molar-refractivity contribution in [2.24, 2.45) is 5.92 Å². The summed E-state index contributed by atoms with van der Waals surface area (Å²) in [4.78, 5) is 4.96. The summed E-state index contributed by atoms with van der Waals surface area (Å²) in [7, 11) is 4.33. The van der Waals surface area contributed by atoms with Crippen LogP contribution < -0.4 is 5.32 Å². The first kappa shape index (κ1) is 12.3. The van der Waals surface area contributed by atoms with Crippen LogP contribution in [0.5, 0.6) is 0 Å². The summed E-state index contributed by atoms with van der Waals surface area (Å²) in [5.41, 5.74) is 0. The van der Waals surface area contributed by atoms with E-state index < -0.39 is 0 Å². The van der Waals surface area contributed by atoms with E-state index in [2.05, 4.69) is 29.2 Å². The molecule has 2 rings (SSSR count). The molecule has 1 heterocycles. The fraction of sp³-hybridized carbons (Fsp3) is 1.00. The average molecular weight is 225 g/mol. The van der Waals surface area contributed by atoms with Crippen molar-refractivity contribution in [3.8, 4) is 0 Å². The quantitative estimate of drug-likeness (QED) is 0.753. The summed E-state index contributed by atoms with van der Waals surface area (Å²) in [6.45, 7) is 6.31. The fourth-order valence-electron chi connectivity index (χ4n) is 2.65. The maximum Gasteiger partial charge on any atom is 0.0223 e. The second-order valence-electron chi connectivity index (χ2n) is 5.71. The first-order valence-corrected chi connectivity index (χ1v) is 6.86. The maximum atomic E-state index is 3.72. The molecule has 94 valence electrons. The van der Waals surface area contributed by atoms with Crippen LogP contribution in [0.25, 0.3) is 0 Å². The van der Waals surface area contributed by atoms with E-state index in [-0.39, 0.29) is 0 Å². The van der Waals surface area contributed by atoms with Crippen molar-refractivity contribution < 1.29 is 0 Å². The molecule has 1 atom stereocenters. The maximum absolute atomic E-state index is 3.72. The largest absolute Gasteiger partial charge is 0.312 e. The molecule has 1 saturated heterocycles. The van der Waals surface area contributed by atoms with Gasteiger partial charge in [0.1, 0.15) is 0 Å². The molecule has 1 aliphatic heterocycles. The van der Waals surface area contributed by atoms with Gasteiger partial charge >= 0.3 is 0 Å². The highest BCUT2D eigenvalue weighted by Gasteiger charge is 2.32. The highest BCUT2D eigenvalue weighted by atomic mass is 15.2.